The molecule has 15 heavy (non-hydrogen) atoms. The summed E-state index contributed by atoms with van der Waals surface area (Å²) < 4.78 is 0. The van der Waals surface area contributed by atoms with Crippen molar-refractivity contribution in [2.24, 2.45) is 0 Å². The molecule has 82 valence electrons. The lowest BCUT2D eigenvalue weighted by atomic mass is 10.2. The van der Waals surface area contributed by atoms with Gasteiger partial charge in [-0.05, 0) is 0 Å². The van der Waals surface area contributed by atoms with Crippen molar-refractivity contribution in [2.75, 3.05) is 25.4 Å². The predicted molar refractivity (Wildman–Crippen MR) is 60.6 cm³/mol. The molecular formula is C11H17N2OS+. The number of β-lactam (4-membered cyclic amide) rings is 1. The Bertz CT molecular complexity index is 310. The predicted octanol–water partition coefficient (Wildman–Crippen LogP) is -0.146. The van der Waals surface area contributed by atoms with E-state index in [4.69, 9.17) is 0 Å². The van der Waals surface area contributed by atoms with E-state index < -0.39 is 0 Å². The third-order valence-corrected chi connectivity index (χ3v) is 4.83. The molecule has 3 heterocycles. The molecule has 0 aromatic carbocycles. The Hall–Kier alpha value is -0.480. The summed E-state index contributed by atoms with van der Waals surface area (Å²) in [7, 11) is 0. The summed E-state index contributed by atoms with van der Waals surface area (Å²) in [5.41, 5.74) is 1.46. The van der Waals surface area contributed by atoms with Crippen LogP contribution in [0.25, 0.3) is 0 Å². The lowest BCUT2D eigenvalue weighted by molar-refractivity contribution is -0.882. The van der Waals surface area contributed by atoms with E-state index in [0.29, 0.717) is 11.3 Å². The van der Waals surface area contributed by atoms with Crippen molar-refractivity contribution >= 4 is 17.7 Å². The highest BCUT2D eigenvalue weighted by atomic mass is 32.2. The Balaban J connectivity index is 1.63. The van der Waals surface area contributed by atoms with Crippen LogP contribution >= 0.6 is 11.8 Å². The largest absolute Gasteiger partial charge is 0.331 e. The fourth-order valence-electron chi connectivity index (χ4n) is 2.60. The Morgan fingerprint density at radius 3 is 3.00 bits per heavy atom. The van der Waals surface area contributed by atoms with Crippen LogP contribution in [0.2, 0.25) is 0 Å². The second-order valence-electron chi connectivity index (χ2n) is 4.69. The van der Waals surface area contributed by atoms with Gasteiger partial charge in [-0.1, -0.05) is 0 Å². The zero-order valence-corrected chi connectivity index (χ0v) is 9.68. The number of carbonyl (C=O) groups is 1. The van der Waals surface area contributed by atoms with E-state index in [1.165, 1.54) is 31.5 Å². The van der Waals surface area contributed by atoms with Crippen molar-refractivity contribution in [1.29, 1.82) is 0 Å². The average molecular weight is 225 g/mol. The summed E-state index contributed by atoms with van der Waals surface area (Å²) >= 11 is 1.93. The third kappa shape index (κ3) is 1.81. The molecule has 1 amide bonds. The normalized spacial score (nSPS) is 31.2. The van der Waals surface area contributed by atoms with Gasteiger partial charge in [-0.3, -0.25) is 4.79 Å². The number of hydrogen-bond acceptors (Lipinski definition) is 2. The van der Waals surface area contributed by atoms with Crippen LogP contribution in [-0.2, 0) is 4.79 Å². The van der Waals surface area contributed by atoms with Crippen molar-refractivity contribution in [1.82, 2.24) is 4.90 Å². The quantitative estimate of drug-likeness (QED) is 0.661. The highest BCUT2D eigenvalue weighted by Crippen LogP contribution is 2.34. The number of fused-ring (bicyclic) bond motifs is 1. The Morgan fingerprint density at radius 2 is 2.27 bits per heavy atom. The minimum absolute atomic E-state index is 0.307. The van der Waals surface area contributed by atoms with E-state index in [0.717, 1.165) is 18.7 Å². The maximum Gasteiger partial charge on any atom is 0.230 e. The molecule has 1 N–H and O–H groups in total. The molecule has 0 saturated carbocycles. The monoisotopic (exact) mass is 225 g/mol. The van der Waals surface area contributed by atoms with Gasteiger partial charge in [0, 0.05) is 30.4 Å². The van der Waals surface area contributed by atoms with Gasteiger partial charge in [0.1, 0.15) is 6.54 Å². The molecule has 0 unspecified atom stereocenters. The molecule has 1 atom stereocenters. The second kappa shape index (κ2) is 3.83. The minimum Gasteiger partial charge on any atom is -0.331 e. The summed E-state index contributed by atoms with van der Waals surface area (Å²) in [6.07, 6.45) is 5.63. The van der Waals surface area contributed by atoms with Crippen molar-refractivity contribution in [2.45, 2.75) is 24.6 Å². The van der Waals surface area contributed by atoms with Gasteiger partial charge in [0.05, 0.1) is 24.9 Å². The molecule has 3 nitrogen and oxygen atoms in total. The van der Waals surface area contributed by atoms with Crippen molar-refractivity contribution in [3.05, 3.63) is 11.8 Å². The van der Waals surface area contributed by atoms with Crippen LogP contribution in [0.1, 0.15) is 19.3 Å². The smallest absolute Gasteiger partial charge is 0.230 e. The van der Waals surface area contributed by atoms with Crippen molar-refractivity contribution in [3.8, 4) is 0 Å². The van der Waals surface area contributed by atoms with E-state index >= 15 is 0 Å². The SMILES string of the molecule is O=C1C[C@@H]2SCC(C[NH+]3CCCC3)=CN12. The van der Waals surface area contributed by atoms with Crippen molar-refractivity contribution in [3.63, 3.8) is 0 Å². The van der Waals surface area contributed by atoms with E-state index in [-0.39, 0.29) is 0 Å². The Labute approximate surface area is 94.5 Å². The number of thioether (sulfide) groups is 1. The van der Waals surface area contributed by atoms with Crippen LogP contribution in [0.3, 0.4) is 0 Å². The fourth-order valence-corrected chi connectivity index (χ4v) is 3.78. The Morgan fingerprint density at radius 1 is 1.47 bits per heavy atom. The molecule has 4 heteroatoms. The van der Waals surface area contributed by atoms with Gasteiger partial charge in [-0.2, -0.15) is 0 Å². The summed E-state index contributed by atoms with van der Waals surface area (Å²) in [6, 6.07) is 0. The lowest BCUT2D eigenvalue weighted by Gasteiger charge is -2.41. The molecule has 3 aliphatic rings. The van der Waals surface area contributed by atoms with Gasteiger partial charge in [-0.25, -0.2) is 0 Å². The molecule has 2 fully saturated rings. The number of carbonyl (C=O) groups excluding carboxylic acids is 1. The molecular weight excluding hydrogens is 208 g/mol. The van der Waals surface area contributed by atoms with Gasteiger partial charge in [0.25, 0.3) is 0 Å². The second-order valence-corrected chi connectivity index (χ2v) is 5.86. The third-order valence-electron chi connectivity index (χ3n) is 3.52. The first-order chi connectivity index (χ1) is 7.33. The van der Waals surface area contributed by atoms with E-state index in [9.17, 15) is 4.79 Å². The number of hydrogen-bond donors (Lipinski definition) is 1. The zero-order valence-electron chi connectivity index (χ0n) is 8.87. The summed E-state index contributed by atoms with van der Waals surface area (Å²) in [5, 5.41) is 0.467. The van der Waals surface area contributed by atoms with Crippen LogP contribution in [-0.4, -0.2) is 41.6 Å². The molecule has 0 radical (unpaired) electrons. The maximum atomic E-state index is 11.3. The molecule has 0 aromatic heterocycles. The van der Waals surface area contributed by atoms with E-state index in [1.807, 2.05) is 16.7 Å². The van der Waals surface area contributed by atoms with Gasteiger partial charge in [-0.15, -0.1) is 11.8 Å². The number of nitrogens with one attached hydrogen (secondary N) is 1. The molecule has 0 aliphatic carbocycles. The average Bonchev–Trinajstić information content (AvgIpc) is 2.72. The summed E-state index contributed by atoms with van der Waals surface area (Å²) in [4.78, 5) is 14.9. The number of quaternary nitrogens is 1. The molecule has 0 spiro atoms. The van der Waals surface area contributed by atoms with Crippen LogP contribution in [0.15, 0.2) is 11.8 Å². The minimum atomic E-state index is 0.307. The maximum absolute atomic E-state index is 11.3. The van der Waals surface area contributed by atoms with Crippen LogP contribution in [0.4, 0.5) is 0 Å². The van der Waals surface area contributed by atoms with Gasteiger partial charge in [0.15, 0.2) is 0 Å². The van der Waals surface area contributed by atoms with Gasteiger partial charge >= 0.3 is 0 Å². The highest BCUT2D eigenvalue weighted by molar-refractivity contribution is 8.00. The number of rotatable bonds is 2. The topological polar surface area (TPSA) is 24.8 Å². The molecule has 3 rings (SSSR count). The lowest BCUT2D eigenvalue weighted by Crippen LogP contribution is -3.10. The number of amides is 1. The Kier molecular flexibility index (Phi) is 2.48. The first-order valence-electron chi connectivity index (χ1n) is 5.79. The van der Waals surface area contributed by atoms with Crippen LogP contribution < -0.4 is 4.90 Å². The number of nitrogens with zero attached hydrogens (tertiary/aromatic N) is 1. The number of likely N-dealkylation sites (tertiary alicyclic amines) is 1. The van der Waals surface area contributed by atoms with Crippen molar-refractivity contribution < 1.29 is 9.69 Å². The van der Waals surface area contributed by atoms with Gasteiger partial charge < -0.3 is 9.80 Å². The van der Waals surface area contributed by atoms with Crippen LogP contribution in [0, 0.1) is 0 Å². The standard InChI is InChI=1S/C11H16N2OS/c14-10-5-11-13(10)7-9(8-15-11)6-12-3-1-2-4-12/h7,11H,1-6,8H2/p+1/t11-/m0/s1. The molecule has 2 saturated heterocycles. The zero-order chi connectivity index (χ0) is 10.3. The first-order valence-corrected chi connectivity index (χ1v) is 6.84. The van der Waals surface area contributed by atoms with E-state index in [2.05, 4.69) is 6.20 Å². The molecule has 3 aliphatic heterocycles. The van der Waals surface area contributed by atoms with E-state index in [1.54, 1.807) is 4.90 Å². The first kappa shape index (κ1) is 9.73. The molecule has 0 aromatic rings. The fraction of sp³-hybridized carbons (Fsp3) is 0.727. The summed E-state index contributed by atoms with van der Waals surface area (Å²) in [6.45, 7) is 3.79. The molecule has 0 bridgehead atoms. The highest BCUT2D eigenvalue weighted by Gasteiger charge is 2.38. The summed E-state index contributed by atoms with van der Waals surface area (Å²) in [5.74, 6) is 1.44. The van der Waals surface area contributed by atoms with Gasteiger partial charge in [0.2, 0.25) is 5.91 Å². The van der Waals surface area contributed by atoms with Crippen LogP contribution in [0.5, 0.6) is 0 Å².